The zero-order valence-corrected chi connectivity index (χ0v) is 9.62. The van der Waals surface area contributed by atoms with Crippen LogP contribution in [0.1, 0.15) is 24.6 Å². The van der Waals surface area contributed by atoms with E-state index in [1.165, 1.54) is 4.68 Å². The van der Waals surface area contributed by atoms with Crippen molar-refractivity contribution in [2.75, 3.05) is 6.54 Å². The van der Waals surface area contributed by atoms with Crippen LogP contribution in [0, 0.1) is 12.9 Å². The Kier molecular flexibility index (Phi) is 5.72. The molecule has 0 bridgehead atoms. The molecular weight excluding hydrogens is 205 g/mol. The van der Waals surface area contributed by atoms with E-state index < -0.39 is 0 Å². The van der Waals surface area contributed by atoms with Gasteiger partial charge in [0.05, 0.1) is 5.69 Å². The number of nitrogens with zero attached hydrogens (tertiary/aromatic N) is 2. The van der Waals surface area contributed by atoms with Gasteiger partial charge in [0.15, 0.2) is 0 Å². The Morgan fingerprint density at radius 2 is 2.14 bits per heavy atom. The Bertz CT molecular complexity index is 286. The fraction of sp³-hybridized carbons (Fsp3) is 0.667. The van der Waals surface area contributed by atoms with Gasteiger partial charge in [0.2, 0.25) is 5.95 Å². The molecule has 5 heteroatoms. The normalized spacial score (nSPS) is 10.0. The van der Waals surface area contributed by atoms with E-state index in [0.29, 0.717) is 12.1 Å². The molecule has 1 rings (SSSR count). The Balaban J connectivity index is 0.00000169. The first-order valence-corrected chi connectivity index (χ1v) is 4.55. The van der Waals surface area contributed by atoms with Gasteiger partial charge in [0.1, 0.15) is 0 Å². The van der Waals surface area contributed by atoms with E-state index in [1.807, 2.05) is 6.92 Å². The van der Waals surface area contributed by atoms with Crippen LogP contribution in [0.25, 0.3) is 0 Å². The number of aryl methyl sites for hydroxylation is 2. The van der Waals surface area contributed by atoms with Gasteiger partial charge in [-0.3, -0.25) is 0 Å². The van der Waals surface area contributed by atoms with Crippen LogP contribution >= 0.6 is 12.4 Å². The number of halogens is 2. The first-order chi connectivity index (χ1) is 6.16. The molecule has 1 aromatic rings. The second-order valence-electron chi connectivity index (χ2n) is 3.16. The van der Waals surface area contributed by atoms with Gasteiger partial charge < -0.3 is 5.32 Å². The van der Waals surface area contributed by atoms with Crippen LogP contribution in [0.2, 0.25) is 0 Å². The molecule has 0 aliphatic carbocycles. The van der Waals surface area contributed by atoms with E-state index in [0.717, 1.165) is 18.7 Å². The molecule has 0 amide bonds. The maximum Gasteiger partial charge on any atom is 0.215 e. The molecule has 1 aromatic heterocycles. The Morgan fingerprint density at radius 1 is 1.50 bits per heavy atom. The van der Waals surface area contributed by atoms with Crippen molar-refractivity contribution in [2.24, 2.45) is 7.05 Å². The summed E-state index contributed by atoms with van der Waals surface area (Å²) in [6.45, 7) is 5.39. The van der Waals surface area contributed by atoms with E-state index in [9.17, 15) is 4.39 Å². The van der Waals surface area contributed by atoms with Gasteiger partial charge in [-0.05, 0) is 19.9 Å². The van der Waals surface area contributed by atoms with Crippen molar-refractivity contribution in [1.82, 2.24) is 15.1 Å². The smallest absolute Gasteiger partial charge is 0.215 e. The summed E-state index contributed by atoms with van der Waals surface area (Å²) in [7, 11) is 1.62. The van der Waals surface area contributed by atoms with Crippen molar-refractivity contribution in [3.05, 3.63) is 17.2 Å². The number of hydrogen-bond donors (Lipinski definition) is 1. The number of rotatable bonds is 4. The lowest BCUT2D eigenvalue weighted by atomic mass is 10.2. The van der Waals surface area contributed by atoms with Crippen molar-refractivity contribution in [2.45, 2.75) is 26.8 Å². The largest absolute Gasteiger partial charge is 0.312 e. The van der Waals surface area contributed by atoms with Crippen LogP contribution in [-0.4, -0.2) is 16.3 Å². The molecule has 0 saturated heterocycles. The third-order valence-electron chi connectivity index (χ3n) is 2.00. The van der Waals surface area contributed by atoms with Gasteiger partial charge in [0, 0.05) is 19.2 Å². The Labute approximate surface area is 90.1 Å². The minimum absolute atomic E-state index is 0. The lowest BCUT2D eigenvalue weighted by molar-refractivity contribution is 0.489. The van der Waals surface area contributed by atoms with Gasteiger partial charge in [-0.2, -0.15) is 9.49 Å². The monoisotopic (exact) mass is 221 g/mol. The lowest BCUT2D eigenvalue weighted by Crippen LogP contribution is -2.15. The fourth-order valence-corrected chi connectivity index (χ4v) is 1.26. The molecule has 0 spiro atoms. The van der Waals surface area contributed by atoms with E-state index in [-0.39, 0.29) is 18.4 Å². The van der Waals surface area contributed by atoms with Crippen LogP contribution in [0.15, 0.2) is 0 Å². The highest BCUT2D eigenvalue weighted by atomic mass is 35.5. The Hall–Kier alpha value is -0.610. The predicted octanol–water partition coefficient (Wildman–Crippen LogP) is 1.79. The van der Waals surface area contributed by atoms with Crippen LogP contribution < -0.4 is 5.32 Å². The molecular formula is C9H17ClFN3. The zero-order valence-electron chi connectivity index (χ0n) is 8.80. The topological polar surface area (TPSA) is 29.9 Å². The molecule has 0 aromatic carbocycles. The van der Waals surface area contributed by atoms with Gasteiger partial charge in [-0.15, -0.1) is 12.4 Å². The summed E-state index contributed by atoms with van der Waals surface area (Å²) in [6.07, 6.45) is 1.06. The summed E-state index contributed by atoms with van der Waals surface area (Å²) in [5.74, 6) is -0.235. The van der Waals surface area contributed by atoms with Crippen molar-refractivity contribution < 1.29 is 4.39 Å². The van der Waals surface area contributed by atoms with Crippen LogP contribution in [0.3, 0.4) is 0 Å². The highest BCUT2D eigenvalue weighted by Gasteiger charge is 2.11. The van der Waals surface area contributed by atoms with Crippen LogP contribution in [-0.2, 0) is 13.6 Å². The maximum absolute atomic E-state index is 13.3. The number of nitrogens with one attached hydrogen (secondary N) is 1. The van der Waals surface area contributed by atoms with Gasteiger partial charge in [-0.1, -0.05) is 6.92 Å². The summed E-state index contributed by atoms with van der Waals surface area (Å²) in [5, 5.41) is 7.14. The molecule has 0 saturated carbocycles. The van der Waals surface area contributed by atoms with E-state index in [2.05, 4.69) is 17.3 Å². The molecule has 0 unspecified atom stereocenters. The second kappa shape index (κ2) is 5.98. The van der Waals surface area contributed by atoms with Crippen LogP contribution in [0.4, 0.5) is 4.39 Å². The summed E-state index contributed by atoms with van der Waals surface area (Å²) in [4.78, 5) is 0. The minimum atomic E-state index is -0.235. The first-order valence-electron chi connectivity index (χ1n) is 4.55. The molecule has 82 valence electrons. The molecule has 0 radical (unpaired) electrons. The van der Waals surface area contributed by atoms with Crippen LogP contribution in [0.5, 0.6) is 0 Å². The molecule has 3 nitrogen and oxygen atoms in total. The van der Waals surface area contributed by atoms with E-state index in [1.54, 1.807) is 7.05 Å². The van der Waals surface area contributed by atoms with Gasteiger partial charge in [0.25, 0.3) is 0 Å². The minimum Gasteiger partial charge on any atom is -0.312 e. The number of hydrogen-bond acceptors (Lipinski definition) is 2. The Morgan fingerprint density at radius 3 is 2.57 bits per heavy atom. The van der Waals surface area contributed by atoms with Gasteiger partial charge in [-0.25, -0.2) is 4.68 Å². The zero-order chi connectivity index (χ0) is 9.84. The fourth-order valence-electron chi connectivity index (χ4n) is 1.26. The molecule has 0 fully saturated rings. The third kappa shape index (κ3) is 2.96. The summed E-state index contributed by atoms with van der Waals surface area (Å²) < 4.78 is 14.6. The lowest BCUT2D eigenvalue weighted by Gasteiger charge is -2.01. The standard InChI is InChI=1S/C9H16FN3.ClH/c1-4-5-11-6-8-7(2)12-13(3)9(8)10;/h11H,4-6H2,1-3H3;1H. The van der Waals surface area contributed by atoms with E-state index in [4.69, 9.17) is 0 Å². The molecule has 0 atom stereocenters. The van der Waals surface area contributed by atoms with Crippen molar-refractivity contribution in [3.63, 3.8) is 0 Å². The second-order valence-corrected chi connectivity index (χ2v) is 3.16. The SMILES string of the molecule is CCCNCc1c(C)nn(C)c1F.Cl. The predicted molar refractivity (Wildman–Crippen MR) is 57.1 cm³/mol. The number of aromatic nitrogens is 2. The average Bonchev–Trinajstić information content (AvgIpc) is 2.32. The van der Waals surface area contributed by atoms with E-state index >= 15 is 0 Å². The molecule has 0 aliphatic rings. The average molecular weight is 222 g/mol. The third-order valence-corrected chi connectivity index (χ3v) is 2.00. The molecule has 0 aliphatic heterocycles. The maximum atomic E-state index is 13.3. The summed E-state index contributed by atoms with van der Waals surface area (Å²) >= 11 is 0. The van der Waals surface area contributed by atoms with Crippen molar-refractivity contribution >= 4 is 12.4 Å². The highest BCUT2D eigenvalue weighted by Crippen LogP contribution is 2.10. The van der Waals surface area contributed by atoms with Gasteiger partial charge >= 0.3 is 0 Å². The van der Waals surface area contributed by atoms with Crippen molar-refractivity contribution in [3.8, 4) is 0 Å². The highest BCUT2D eigenvalue weighted by molar-refractivity contribution is 5.85. The first kappa shape index (κ1) is 13.4. The summed E-state index contributed by atoms with van der Waals surface area (Å²) in [6, 6.07) is 0. The summed E-state index contributed by atoms with van der Waals surface area (Å²) in [5.41, 5.74) is 1.44. The molecule has 1 N–H and O–H groups in total. The quantitative estimate of drug-likeness (QED) is 0.786. The molecule has 1 heterocycles. The van der Waals surface area contributed by atoms with Crippen molar-refractivity contribution in [1.29, 1.82) is 0 Å². The molecule has 14 heavy (non-hydrogen) atoms.